The molecule has 0 aliphatic heterocycles. The highest BCUT2D eigenvalue weighted by Gasteiger charge is 2.32. The number of carboxylic acid groups (broad SMARTS) is 1. The quantitative estimate of drug-likeness (QED) is 0.651. The van der Waals surface area contributed by atoms with E-state index in [-0.39, 0.29) is 25.1 Å². The second kappa shape index (κ2) is 9.89. The summed E-state index contributed by atoms with van der Waals surface area (Å²) in [4.78, 5) is 11.7. The van der Waals surface area contributed by atoms with Gasteiger partial charge in [-0.05, 0) is 43.7 Å². The van der Waals surface area contributed by atoms with Crippen LogP contribution >= 0.6 is 0 Å². The fourth-order valence-electron chi connectivity index (χ4n) is 2.42. The fraction of sp³-hybridized carbons (Fsp3) is 0.350. The lowest BCUT2D eigenvalue weighted by Crippen LogP contribution is -2.35. The van der Waals surface area contributed by atoms with Gasteiger partial charge in [-0.3, -0.25) is 0 Å². The summed E-state index contributed by atoms with van der Waals surface area (Å²) >= 11 is 0. The van der Waals surface area contributed by atoms with Gasteiger partial charge in [0.1, 0.15) is 24.3 Å². The Bertz CT molecular complexity index is 672. The molecule has 2 atom stereocenters. The molecule has 2 aromatic rings. The van der Waals surface area contributed by atoms with Crippen LogP contribution in [0.3, 0.4) is 0 Å². The Kier molecular flexibility index (Phi) is 7.56. The highest BCUT2D eigenvalue weighted by atomic mass is 19.1. The molecule has 0 aliphatic carbocycles. The Labute approximate surface area is 152 Å². The maximum absolute atomic E-state index is 12.9. The standard InChI is InChI=1S/C20H23FO5/c1-14(2)26-19(20(22)23)18(15-6-4-3-5-7-15)25-13-12-24-17-10-8-16(21)9-11-17/h3-11,14,18-19H,12-13H2,1-2H3,(H,22,23). The molecule has 6 heteroatoms. The van der Waals surface area contributed by atoms with Crippen LogP contribution in [-0.4, -0.2) is 36.5 Å². The van der Waals surface area contributed by atoms with Crippen molar-refractivity contribution in [3.63, 3.8) is 0 Å². The van der Waals surface area contributed by atoms with Gasteiger partial charge in [0.25, 0.3) is 0 Å². The van der Waals surface area contributed by atoms with E-state index >= 15 is 0 Å². The average molecular weight is 362 g/mol. The third kappa shape index (κ3) is 6.13. The van der Waals surface area contributed by atoms with E-state index in [1.54, 1.807) is 26.0 Å². The van der Waals surface area contributed by atoms with Crippen LogP contribution in [-0.2, 0) is 14.3 Å². The highest BCUT2D eigenvalue weighted by Crippen LogP contribution is 2.25. The number of aliphatic carboxylic acids is 1. The molecule has 2 rings (SSSR count). The van der Waals surface area contributed by atoms with Crippen molar-refractivity contribution in [1.82, 2.24) is 0 Å². The van der Waals surface area contributed by atoms with E-state index in [1.165, 1.54) is 24.3 Å². The predicted molar refractivity (Wildman–Crippen MR) is 94.7 cm³/mol. The largest absolute Gasteiger partial charge is 0.491 e. The van der Waals surface area contributed by atoms with Gasteiger partial charge in [0.05, 0.1) is 12.7 Å². The maximum atomic E-state index is 12.9. The number of ether oxygens (including phenoxy) is 3. The first-order valence-electron chi connectivity index (χ1n) is 8.40. The third-order valence-electron chi connectivity index (χ3n) is 3.53. The molecule has 2 aromatic carbocycles. The van der Waals surface area contributed by atoms with Gasteiger partial charge in [-0.25, -0.2) is 9.18 Å². The first kappa shape index (κ1) is 19.9. The highest BCUT2D eigenvalue weighted by molar-refractivity contribution is 5.73. The Balaban J connectivity index is 2.01. The number of benzene rings is 2. The molecule has 26 heavy (non-hydrogen) atoms. The van der Waals surface area contributed by atoms with Crippen LogP contribution in [0.4, 0.5) is 4.39 Å². The summed E-state index contributed by atoms with van der Waals surface area (Å²) in [5.74, 6) is -0.917. The van der Waals surface area contributed by atoms with Gasteiger partial charge in [0, 0.05) is 0 Å². The fourth-order valence-corrected chi connectivity index (χ4v) is 2.42. The van der Waals surface area contributed by atoms with E-state index in [0.29, 0.717) is 11.3 Å². The summed E-state index contributed by atoms with van der Waals surface area (Å²) in [5.41, 5.74) is 0.710. The molecule has 0 saturated heterocycles. The minimum Gasteiger partial charge on any atom is -0.491 e. The molecule has 0 aliphatic rings. The zero-order chi connectivity index (χ0) is 18.9. The van der Waals surface area contributed by atoms with Gasteiger partial charge in [-0.15, -0.1) is 0 Å². The molecule has 2 unspecified atom stereocenters. The van der Waals surface area contributed by atoms with Crippen LogP contribution in [0.25, 0.3) is 0 Å². The Morgan fingerprint density at radius 2 is 1.69 bits per heavy atom. The molecule has 0 bridgehead atoms. The molecule has 1 N–H and O–H groups in total. The number of hydrogen-bond acceptors (Lipinski definition) is 4. The van der Waals surface area contributed by atoms with Crippen molar-refractivity contribution < 1.29 is 28.5 Å². The molecule has 5 nitrogen and oxygen atoms in total. The monoisotopic (exact) mass is 362 g/mol. The Morgan fingerprint density at radius 3 is 2.27 bits per heavy atom. The van der Waals surface area contributed by atoms with Crippen LogP contribution < -0.4 is 4.74 Å². The molecule has 0 saturated carbocycles. The van der Waals surface area contributed by atoms with Gasteiger partial charge in [-0.2, -0.15) is 0 Å². The number of carboxylic acids is 1. The number of rotatable bonds is 10. The number of carbonyl (C=O) groups is 1. The first-order chi connectivity index (χ1) is 12.5. The topological polar surface area (TPSA) is 65.0 Å². The van der Waals surface area contributed by atoms with Crippen LogP contribution in [0.1, 0.15) is 25.5 Å². The summed E-state index contributed by atoms with van der Waals surface area (Å²) < 4.78 is 29.7. The maximum Gasteiger partial charge on any atom is 0.335 e. The van der Waals surface area contributed by atoms with Gasteiger partial charge >= 0.3 is 5.97 Å². The molecule has 0 aromatic heterocycles. The minimum atomic E-state index is -1.14. The summed E-state index contributed by atoms with van der Waals surface area (Å²) in [7, 11) is 0. The molecule has 0 amide bonds. The predicted octanol–water partition coefficient (Wildman–Crippen LogP) is 3.84. The molecule has 0 heterocycles. The van der Waals surface area contributed by atoms with Gasteiger partial charge in [0.15, 0.2) is 6.10 Å². The smallest absolute Gasteiger partial charge is 0.335 e. The summed E-state index contributed by atoms with van der Waals surface area (Å²) in [6.07, 6.45) is -2.17. The molecule has 0 spiro atoms. The van der Waals surface area contributed by atoms with Crippen molar-refractivity contribution in [2.45, 2.75) is 32.2 Å². The van der Waals surface area contributed by atoms with E-state index in [9.17, 15) is 14.3 Å². The summed E-state index contributed by atoms with van der Waals surface area (Å²) in [6.45, 7) is 3.90. The van der Waals surface area contributed by atoms with Crippen LogP contribution in [0, 0.1) is 5.82 Å². The van der Waals surface area contributed by atoms with Crippen LogP contribution in [0.5, 0.6) is 5.75 Å². The van der Waals surface area contributed by atoms with Crippen molar-refractivity contribution in [2.24, 2.45) is 0 Å². The second-order valence-corrected chi connectivity index (χ2v) is 5.95. The molecule has 140 valence electrons. The van der Waals surface area contributed by atoms with Crippen LogP contribution in [0.15, 0.2) is 54.6 Å². The SMILES string of the molecule is CC(C)OC(C(=O)O)C(OCCOc1ccc(F)cc1)c1ccccc1. The van der Waals surface area contributed by atoms with Crippen molar-refractivity contribution in [3.05, 3.63) is 66.0 Å². The third-order valence-corrected chi connectivity index (χ3v) is 3.53. The average Bonchev–Trinajstić information content (AvgIpc) is 2.62. The van der Waals surface area contributed by atoms with E-state index < -0.39 is 18.2 Å². The van der Waals surface area contributed by atoms with Gasteiger partial charge in [0.2, 0.25) is 0 Å². The van der Waals surface area contributed by atoms with Gasteiger partial charge < -0.3 is 19.3 Å². The molecule has 0 fully saturated rings. The molecular formula is C20H23FO5. The Hall–Kier alpha value is -2.44. The first-order valence-corrected chi connectivity index (χ1v) is 8.40. The van der Waals surface area contributed by atoms with Crippen LogP contribution in [0.2, 0.25) is 0 Å². The van der Waals surface area contributed by atoms with Crippen molar-refractivity contribution in [1.29, 1.82) is 0 Å². The summed E-state index contributed by atoms with van der Waals surface area (Å²) in [5, 5.41) is 9.54. The lowest BCUT2D eigenvalue weighted by molar-refractivity contribution is -0.168. The minimum absolute atomic E-state index is 0.155. The molecular weight excluding hydrogens is 339 g/mol. The lowest BCUT2D eigenvalue weighted by atomic mass is 10.0. The number of halogens is 1. The normalized spacial score (nSPS) is 13.4. The van der Waals surface area contributed by atoms with E-state index in [4.69, 9.17) is 14.2 Å². The zero-order valence-electron chi connectivity index (χ0n) is 14.8. The second-order valence-electron chi connectivity index (χ2n) is 5.95. The lowest BCUT2D eigenvalue weighted by Gasteiger charge is -2.26. The molecule has 0 radical (unpaired) electrons. The Morgan fingerprint density at radius 1 is 1.04 bits per heavy atom. The van der Waals surface area contributed by atoms with E-state index in [0.717, 1.165) is 0 Å². The number of hydrogen-bond donors (Lipinski definition) is 1. The summed E-state index contributed by atoms with van der Waals surface area (Å²) in [6, 6.07) is 14.7. The van der Waals surface area contributed by atoms with Crippen molar-refractivity contribution in [3.8, 4) is 5.75 Å². The van der Waals surface area contributed by atoms with E-state index in [1.807, 2.05) is 18.2 Å². The van der Waals surface area contributed by atoms with Gasteiger partial charge in [-0.1, -0.05) is 30.3 Å². The van der Waals surface area contributed by atoms with Crippen molar-refractivity contribution >= 4 is 5.97 Å². The van der Waals surface area contributed by atoms with E-state index in [2.05, 4.69) is 0 Å². The van der Waals surface area contributed by atoms with Crippen molar-refractivity contribution in [2.75, 3.05) is 13.2 Å². The zero-order valence-corrected chi connectivity index (χ0v) is 14.8.